The zero-order valence-corrected chi connectivity index (χ0v) is 11.6. The van der Waals surface area contributed by atoms with Crippen LogP contribution in [0.15, 0.2) is 24.3 Å². The van der Waals surface area contributed by atoms with E-state index < -0.39 is 0 Å². The van der Waals surface area contributed by atoms with Crippen LogP contribution in [0.3, 0.4) is 0 Å². The summed E-state index contributed by atoms with van der Waals surface area (Å²) in [5.41, 5.74) is 2.39. The van der Waals surface area contributed by atoms with Gasteiger partial charge in [0.25, 0.3) is 0 Å². The molecule has 1 aromatic carbocycles. The molecule has 3 rings (SSSR count). The first-order chi connectivity index (χ1) is 9.27. The van der Waals surface area contributed by atoms with E-state index in [-0.39, 0.29) is 5.60 Å². The molecule has 1 saturated carbocycles. The topological polar surface area (TPSA) is 36.3 Å². The van der Waals surface area contributed by atoms with Crippen molar-refractivity contribution in [3.8, 4) is 6.07 Å². The number of benzene rings is 1. The number of rotatable bonds is 3. The van der Waals surface area contributed by atoms with Crippen molar-refractivity contribution in [1.82, 2.24) is 0 Å². The fourth-order valence-electron chi connectivity index (χ4n) is 3.54. The lowest BCUT2D eigenvalue weighted by atomic mass is 9.76. The highest BCUT2D eigenvalue weighted by Gasteiger charge is 2.56. The second-order valence-corrected chi connectivity index (χ2v) is 5.97. The van der Waals surface area contributed by atoms with E-state index in [0.717, 1.165) is 5.56 Å². The van der Waals surface area contributed by atoms with Gasteiger partial charge in [-0.3, -0.25) is 0 Å². The highest BCUT2D eigenvalue weighted by Crippen LogP contribution is 2.52. The van der Waals surface area contributed by atoms with Gasteiger partial charge in [-0.1, -0.05) is 25.5 Å². The quantitative estimate of drug-likeness (QED) is 0.760. The molecule has 0 N–H and O–H groups in total. The van der Waals surface area contributed by atoms with Gasteiger partial charge in [-0.2, -0.15) is 5.26 Å². The van der Waals surface area contributed by atoms with Crippen molar-refractivity contribution < 1.29 is 4.74 Å². The van der Waals surface area contributed by atoms with E-state index in [1.807, 2.05) is 12.1 Å². The predicted octanol–water partition coefficient (Wildman–Crippen LogP) is 4.15. The van der Waals surface area contributed by atoms with E-state index in [1.165, 1.54) is 44.1 Å². The molecule has 1 heterocycles. The molecule has 2 aliphatic rings. The van der Waals surface area contributed by atoms with Gasteiger partial charge in [-0.15, -0.1) is 0 Å². The van der Waals surface area contributed by atoms with Gasteiger partial charge in [0.2, 0.25) is 0 Å². The van der Waals surface area contributed by atoms with Crippen molar-refractivity contribution in [1.29, 1.82) is 5.26 Å². The van der Waals surface area contributed by atoms with E-state index in [1.54, 1.807) is 0 Å². The average Bonchev–Trinajstić information content (AvgIpc) is 3.12. The number of hydrogen-bond acceptors (Lipinski definition) is 2. The first-order valence-electron chi connectivity index (χ1n) is 7.45. The third kappa shape index (κ3) is 2.40. The Morgan fingerprint density at radius 1 is 1.26 bits per heavy atom. The Morgan fingerprint density at radius 2 is 1.95 bits per heavy atom. The number of epoxide rings is 1. The maximum Gasteiger partial charge on any atom is 0.0991 e. The zero-order valence-electron chi connectivity index (χ0n) is 11.6. The SMILES string of the molecule is CCCC1OC12CCC(c1ccc(C#N)cc1)CC2. The van der Waals surface area contributed by atoms with Crippen molar-refractivity contribution in [2.75, 3.05) is 0 Å². The van der Waals surface area contributed by atoms with E-state index in [2.05, 4.69) is 25.1 Å². The maximum atomic E-state index is 8.83. The Bertz CT molecular complexity index is 477. The summed E-state index contributed by atoms with van der Waals surface area (Å²) in [5, 5.41) is 8.83. The summed E-state index contributed by atoms with van der Waals surface area (Å²) in [5.74, 6) is 0.657. The van der Waals surface area contributed by atoms with Crippen LogP contribution in [0.4, 0.5) is 0 Å². The van der Waals surface area contributed by atoms with E-state index >= 15 is 0 Å². The van der Waals surface area contributed by atoms with Crippen molar-refractivity contribution in [3.63, 3.8) is 0 Å². The Balaban J connectivity index is 1.60. The summed E-state index contributed by atoms with van der Waals surface area (Å²) in [6.45, 7) is 2.23. The summed E-state index contributed by atoms with van der Waals surface area (Å²) in [6.07, 6.45) is 7.87. The van der Waals surface area contributed by atoms with Crippen LogP contribution < -0.4 is 0 Å². The first kappa shape index (κ1) is 12.7. The van der Waals surface area contributed by atoms with Gasteiger partial charge in [0.1, 0.15) is 0 Å². The van der Waals surface area contributed by atoms with E-state index in [4.69, 9.17) is 10.00 Å². The molecule has 1 aliphatic heterocycles. The van der Waals surface area contributed by atoms with Crippen LogP contribution in [0.1, 0.15) is 62.5 Å². The molecule has 1 aliphatic carbocycles. The van der Waals surface area contributed by atoms with Crippen molar-refractivity contribution in [2.45, 2.75) is 63.1 Å². The van der Waals surface area contributed by atoms with Gasteiger partial charge in [-0.25, -0.2) is 0 Å². The number of ether oxygens (including phenoxy) is 1. The minimum absolute atomic E-state index is 0.249. The summed E-state index contributed by atoms with van der Waals surface area (Å²) in [6, 6.07) is 10.3. The molecule has 2 fully saturated rings. The van der Waals surface area contributed by atoms with Crippen LogP contribution in [0, 0.1) is 11.3 Å². The third-order valence-electron chi connectivity index (χ3n) is 4.80. The molecule has 2 nitrogen and oxygen atoms in total. The fraction of sp³-hybridized carbons (Fsp3) is 0.588. The van der Waals surface area contributed by atoms with Crippen LogP contribution in [-0.2, 0) is 4.74 Å². The summed E-state index contributed by atoms with van der Waals surface area (Å²) in [7, 11) is 0. The van der Waals surface area contributed by atoms with Gasteiger partial charge >= 0.3 is 0 Å². The maximum absolute atomic E-state index is 8.83. The number of hydrogen-bond donors (Lipinski definition) is 0. The lowest BCUT2D eigenvalue weighted by molar-refractivity contribution is 0.220. The lowest BCUT2D eigenvalue weighted by Crippen LogP contribution is -2.23. The van der Waals surface area contributed by atoms with E-state index in [0.29, 0.717) is 12.0 Å². The smallest absolute Gasteiger partial charge is 0.0991 e. The summed E-state index contributed by atoms with van der Waals surface area (Å²) < 4.78 is 5.96. The molecular formula is C17H21NO. The molecule has 0 aromatic heterocycles. The highest BCUT2D eigenvalue weighted by atomic mass is 16.6. The van der Waals surface area contributed by atoms with Gasteiger partial charge in [0.05, 0.1) is 23.3 Å². The van der Waals surface area contributed by atoms with Gasteiger partial charge in [-0.05, 0) is 55.7 Å². The summed E-state index contributed by atoms with van der Waals surface area (Å²) in [4.78, 5) is 0. The Kier molecular flexibility index (Phi) is 3.33. The third-order valence-corrected chi connectivity index (χ3v) is 4.80. The Hall–Kier alpha value is -1.33. The second kappa shape index (κ2) is 4.98. The highest BCUT2D eigenvalue weighted by molar-refractivity contribution is 5.33. The number of nitriles is 1. The van der Waals surface area contributed by atoms with Gasteiger partial charge in [0.15, 0.2) is 0 Å². The minimum atomic E-state index is 0.249. The molecule has 19 heavy (non-hydrogen) atoms. The Morgan fingerprint density at radius 3 is 2.53 bits per heavy atom. The molecule has 0 amide bonds. The van der Waals surface area contributed by atoms with Crippen molar-refractivity contribution in [2.24, 2.45) is 0 Å². The minimum Gasteiger partial charge on any atom is -0.366 e. The van der Waals surface area contributed by atoms with Crippen LogP contribution in [-0.4, -0.2) is 11.7 Å². The monoisotopic (exact) mass is 255 g/mol. The molecule has 1 aromatic rings. The van der Waals surface area contributed by atoms with E-state index in [9.17, 15) is 0 Å². The molecule has 2 heteroatoms. The fourth-order valence-corrected chi connectivity index (χ4v) is 3.54. The number of nitrogens with zero attached hydrogens (tertiary/aromatic N) is 1. The molecule has 0 radical (unpaired) electrons. The molecule has 1 unspecified atom stereocenters. The van der Waals surface area contributed by atoms with Crippen molar-refractivity contribution in [3.05, 3.63) is 35.4 Å². The standard InChI is InChI=1S/C17H21NO/c1-2-3-16-17(19-16)10-8-15(9-11-17)14-6-4-13(12-18)5-7-14/h4-7,15-16H,2-3,8-11H2,1H3. The van der Waals surface area contributed by atoms with Crippen LogP contribution >= 0.6 is 0 Å². The zero-order chi connectivity index (χ0) is 13.3. The molecule has 1 saturated heterocycles. The van der Waals surface area contributed by atoms with Gasteiger partial charge in [0, 0.05) is 0 Å². The largest absolute Gasteiger partial charge is 0.366 e. The molecule has 100 valence electrons. The molecule has 0 bridgehead atoms. The lowest BCUT2D eigenvalue weighted by Gasteiger charge is -2.27. The predicted molar refractivity (Wildman–Crippen MR) is 74.9 cm³/mol. The summed E-state index contributed by atoms with van der Waals surface area (Å²) >= 11 is 0. The molecule has 1 atom stereocenters. The van der Waals surface area contributed by atoms with Crippen LogP contribution in [0.2, 0.25) is 0 Å². The van der Waals surface area contributed by atoms with Gasteiger partial charge < -0.3 is 4.74 Å². The molecule has 1 spiro atoms. The first-order valence-corrected chi connectivity index (χ1v) is 7.45. The molecular weight excluding hydrogens is 234 g/mol. The average molecular weight is 255 g/mol. The normalized spacial score (nSPS) is 33.1. The Labute approximate surface area is 115 Å². The van der Waals surface area contributed by atoms with Crippen molar-refractivity contribution >= 4 is 0 Å². The second-order valence-electron chi connectivity index (χ2n) is 5.97. The van der Waals surface area contributed by atoms with Crippen LogP contribution in [0.25, 0.3) is 0 Å². The van der Waals surface area contributed by atoms with Crippen LogP contribution in [0.5, 0.6) is 0 Å².